The van der Waals surface area contributed by atoms with Crippen molar-refractivity contribution in [2.45, 2.75) is 20.3 Å². The van der Waals surface area contributed by atoms with Crippen molar-refractivity contribution in [3.63, 3.8) is 0 Å². The zero-order chi connectivity index (χ0) is 13.9. The molecule has 1 aliphatic rings. The molecule has 0 saturated carbocycles. The van der Waals surface area contributed by atoms with E-state index in [2.05, 4.69) is 15.3 Å². The second-order valence-electron chi connectivity index (χ2n) is 4.69. The van der Waals surface area contributed by atoms with Crippen molar-refractivity contribution in [2.24, 2.45) is 0 Å². The molecule has 1 fully saturated rings. The summed E-state index contributed by atoms with van der Waals surface area (Å²) >= 11 is 0. The van der Waals surface area contributed by atoms with Gasteiger partial charge in [-0.25, -0.2) is 18.4 Å². The summed E-state index contributed by atoms with van der Waals surface area (Å²) in [7, 11) is -2.89. The zero-order valence-corrected chi connectivity index (χ0v) is 12.2. The molecule has 2 rings (SSSR count). The average Bonchev–Trinajstić information content (AvgIpc) is 2.53. The molecule has 0 unspecified atom stereocenters. The van der Waals surface area contributed by atoms with Crippen LogP contribution in [0.2, 0.25) is 0 Å². The van der Waals surface area contributed by atoms with Crippen LogP contribution in [-0.4, -0.2) is 49.5 Å². The Morgan fingerprint density at radius 2 is 2.11 bits per heavy atom. The minimum atomic E-state index is -2.89. The summed E-state index contributed by atoms with van der Waals surface area (Å²) < 4.78 is 23.3. The third-order valence-corrected chi connectivity index (χ3v) is 4.97. The van der Waals surface area contributed by atoms with Crippen molar-refractivity contribution in [2.75, 3.05) is 41.4 Å². The predicted molar refractivity (Wildman–Crippen MR) is 76.4 cm³/mol. The van der Waals surface area contributed by atoms with Crippen molar-refractivity contribution in [3.8, 4) is 0 Å². The highest BCUT2D eigenvalue weighted by Crippen LogP contribution is 2.23. The Bertz CT molecular complexity index is 545. The molecule has 0 aliphatic carbocycles. The molecule has 6 nitrogen and oxygen atoms in total. The van der Waals surface area contributed by atoms with E-state index >= 15 is 0 Å². The van der Waals surface area contributed by atoms with Gasteiger partial charge < -0.3 is 10.2 Å². The van der Waals surface area contributed by atoms with Crippen molar-refractivity contribution in [1.82, 2.24) is 9.97 Å². The molecule has 7 heteroatoms. The number of rotatable bonds is 3. The number of nitrogens with one attached hydrogen (secondary N) is 1. The van der Waals surface area contributed by atoms with Crippen LogP contribution < -0.4 is 10.2 Å². The third-order valence-electron chi connectivity index (χ3n) is 3.26. The molecule has 106 valence electrons. The number of sulfone groups is 1. The third kappa shape index (κ3) is 3.34. The molecule has 0 spiro atoms. The highest BCUT2D eigenvalue weighted by atomic mass is 32.2. The summed E-state index contributed by atoms with van der Waals surface area (Å²) in [6.45, 7) is 6.01. The van der Waals surface area contributed by atoms with Crippen molar-refractivity contribution < 1.29 is 8.42 Å². The lowest BCUT2D eigenvalue weighted by atomic mass is 10.2. The molecule has 19 heavy (non-hydrogen) atoms. The molecule has 0 aromatic carbocycles. The maximum atomic E-state index is 11.6. The van der Waals surface area contributed by atoms with Crippen LogP contribution in [0.3, 0.4) is 0 Å². The van der Waals surface area contributed by atoms with Gasteiger partial charge in [-0.3, -0.25) is 0 Å². The lowest BCUT2D eigenvalue weighted by molar-refractivity contribution is 0.597. The first kappa shape index (κ1) is 14.0. The maximum Gasteiger partial charge on any atom is 0.152 e. The van der Waals surface area contributed by atoms with E-state index < -0.39 is 9.84 Å². The van der Waals surface area contributed by atoms with Gasteiger partial charge in [0.05, 0.1) is 11.5 Å². The summed E-state index contributed by atoms with van der Waals surface area (Å²) in [6, 6.07) is 0. The fourth-order valence-corrected chi connectivity index (χ4v) is 3.53. The molecule has 1 aromatic heterocycles. The van der Waals surface area contributed by atoms with Gasteiger partial charge in [-0.1, -0.05) is 0 Å². The number of anilines is 2. The summed E-state index contributed by atoms with van der Waals surface area (Å²) in [4.78, 5) is 10.6. The van der Waals surface area contributed by atoms with Crippen LogP contribution in [-0.2, 0) is 9.84 Å². The Balaban J connectivity index is 2.24. The number of hydrogen-bond acceptors (Lipinski definition) is 6. The molecule has 0 radical (unpaired) electrons. The fourth-order valence-electron chi connectivity index (χ4n) is 2.26. The monoisotopic (exact) mass is 284 g/mol. The molecule has 1 saturated heterocycles. The molecular formula is C12H20N4O2S. The smallest absolute Gasteiger partial charge is 0.152 e. The van der Waals surface area contributed by atoms with E-state index in [-0.39, 0.29) is 11.5 Å². The lowest BCUT2D eigenvalue weighted by Crippen LogP contribution is -2.28. The number of hydrogen-bond donors (Lipinski definition) is 1. The molecule has 1 aromatic rings. The van der Waals surface area contributed by atoms with Gasteiger partial charge in [0, 0.05) is 25.2 Å². The second kappa shape index (κ2) is 5.73. The van der Waals surface area contributed by atoms with Crippen LogP contribution >= 0.6 is 0 Å². The molecule has 0 atom stereocenters. The van der Waals surface area contributed by atoms with Gasteiger partial charge in [-0.15, -0.1) is 0 Å². The minimum absolute atomic E-state index is 0.201. The first-order chi connectivity index (χ1) is 9.03. The summed E-state index contributed by atoms with van der Waals surface area (Å²) in [5.41, 5.74) is 0.976. The predicted octanol–water partition coefficient (Wildman–Crippen LogP) is 0.842. The largest absolute Gasteiger partial charge is 0.370 e. The van der Waals surface area contributed by atoms with Crippen LogP contribution in [0.1, 0.15) is 18.9 Å². The molecule has 1 N–H and O–H groups in total. The van der Waals surface area contributed by atoms with Gasteiger partial charge in [0.1, 0.15) is 18.0 Å². The van der Waals surface area contributed by atoms with Crippen molar-refractivity contribution in [1.29, 1.82) is 0 Å². The van der Waals surface area contributed by atoms with Crippen molar-refractivity contribution in [3.05, 3.63) is 11.9 Å². The van der Waals surface area contributed by atoms with Gasteiger partial charge in [-0.2, -0.15) is 0 Å². The molecule has 2 heterocycles. The Morgan fingerprint density at radius 1 is 1.32 bits per heavy atom. The lowest BCUT2D eigenvalue weighted by Gasteiger charge is -2.23. The highest BCUT2D eigenvalue weighted by molar-refractivity contribution is 7.91. The molecule has 0 amide bonds. The van der Waals surface area contributed by atoms with E-state index in [9.17, 15) is 8.42 Å². The van der Waals surface area contributed by atoms with Crippen LogP contribution in [0.25, 0.3) is 0 Å². The first-order valence-corrected chi connectivity index (χ1v) is 8.36. The van der Waals surface area contributed by atoms with E-state index in [1.165, 1.54) is 6.33 Å². The topological polar surface area (TPSA) is 75.2 Å². The van der Waals surface area contributed by atoms with E-state index in [1.807, 2.05) is 18.7 Å². The van der Waals surface area contributed by atoms with E-state index in [1.54, 1.807) is 0 Å². The van der Waals surface area contributed by atoms with Gasteiger partial charge in [0.25, 0.3) is 0 Å². The Morgan fingerprint density at radius 3 is 2.84 bits per heavy atom. The molecular weight excluding hydrogens is 264 g/mol. The maximum absolute atomic E-state index is 11.6. The second-order valence-corrected chi connectivity index (χ2v) is 7.00. The van der Waals surface area contributed by atoms with Crippen LogP contribution in [0.4, 0.5) is 11.6 Å². The van der Waals surface area contributed by atoms with Crippen LogP contribution in [0, 0.1) is 6.92 Å². The SMILES string of the molecule is CCNc1ncnc(N2CCCS(=O)(=O)CC2)c1C. The van der Waals surface area contributed by atoms with E-state index in [4.69, 9.17) is 0 Å². The Hall–Kier alpha value is -1.37. The Labute approximate surface area is 114 Å². The number of aromatic nitrogens is 2. The van der Waals surface area contributed by atoms with Crippen molar-refractivity contribution >= 4 is 21.5 Å². The van der Waals surface area contributed by atoms with Gasteiger partial charge in [-0.05, 0) is 20.3 Å². The van der Waals surface area contributed by atoms with Gasteiger partial charge >= 0.3 is 0 Å². The molecule has 1 aliphatic heterocycles. The normalized spacial score (nSPS) is 18.9. The van der Waals surface area contributed by atoms with Gasteiger partial charge in [0.2, 0.25) is 0 Å². The fraction of sp³-hybridized carbons (Fsp3) is 0.667. The standard InChI is InChI=1S/C12H20N4O2S/c1-3-13-11-10(2)12(15-9-14-11)16-5-4-7-19(17,18)8-6-16/h9H,3-8H2,1-2H3,(H,13,14,15). The Kier molecular flexibility index (Phi) is 4.24. The number of nitrogens with zero attached hydrogens (tertiary/aromatic N) is 3. The first-order valence-electron chi connectivity index (χ1n) is 6.54. The average molecular weight is 284 g/mol. The van der Waals surface area contributed by atoms with Gasteiger partial charge in [0.15, 0.2) is 9.84 Å². The van der Waals surface area contributed by atoms with E-state index in [0.29, 0.717) is 13.0 Å². The quantitative estimate of drug-likeness (QED) is 0.886. The molecule has 0 bridgehead atoms. The van der Waals surface area contributed by atoms with Crippen LogP contribution in [0.5, 0.6) is 0 Å². The zero-order valence-electron chi connectivity index (χ0n) is 11.4. The minimum Gasteiger partial charge on any atom is -0.370 e. The highest BCUT2D eigenvalue weighted by Gasteiger charge is 2.21. The van der Waals surface area contributed by atoms with Crippen LogP contribution in [0.15, 0.2) is 6.33 Å². The summed E-state index contributed by atoms with van der Waals surface area (Å²) in [5.74, 6) is 2.13. The summed E-state index contributed by atoms with van der Waals surface area (Å²) in [5, 5.41) is 3.19. The summed E-state index contributed by atoms with van der Waals surface area (Å²) in [6.07, 6.45) is 2.18. The van der Waals surface area contributed by atoms with E-state index in [0.717, 1.165) is 30.3 Å².